The van der Waals surface area contributed by atoms with Gasteiger partial charge in [-0.3, -0.25) is 10.0 Å². The number of hydrogen-bond acceptors (Lipinski definition) is 5. The third kappa shape index (κ3) is 1.73. The van der Waals surface area contributed by atoms with Crippen LogP contribution in [-0.2, 0) is 4.79 Å². The van der Waals surface area contributed by atoms with Crippen molar-refractivity contribution in [2.75, 3.05) is 19.6 Å². The number of nitrogens with zero attached hydrogens (tertiary/aromatic N) is 2. The van der Waals surface area contributed by atoms with Gasteiger partial charge < -0.3 is 10.4 Å². The molecule has 0 aromatic heterocycles. The van der Waals surface area contributed by atoms with Crippen LogP contribution in [0.25, 0.3) is 0 Å². The molecule has 0 spiro atoms. The Labute approximate surface area is 99.4 Å². The van der Waals surface area contributed by atoms with Crippen molar-refractivity contribution in [1.29, 1.82) is 0 Å². The maximum absolute atomic E-state index is 11.3. The molecule has 1 fully saturated rings. The molecule has 17 heavy (non-hydrogen) atoms. The van der Waals surface area contributed by atoms with Gasteiger partial charge in [-0.05, 0) is 25.0 Å². The number of nitrogens with one attached hydrogen (secondary N) is 2. The van der Waals surface area contributed by atoms with Crippen molar-refractivity contribution >= 4 is 12.2 Å². The highest BCUT2D eigenvalue weighted by molar-refractivity contribution is 5.83. The standard InChI is InChI=1S/C11H16N4O2/c16-11(17)9-2-4-13-6-10-7-5-12-3-1-8(7)14-15(9)10/h6,8-9,12,14H,1-5H2,(H,16,17). The number of aliphatic carboxylic acids is 1. The summed E-state index contributed by atoms with van der Waals surface area (Å²) >= 11 is 0. The maximum Gasteiger partial charge on any atom is 0.328 e. The predicted octanol–water partition coefficient (Wildman–Crippen LogP) is -0.650. The van der Waals surface area contributed by atoms with Gasteiger partial charge in [-0.2, -0.15) is 0 Å². The van der Waals surface area contributed by atoms with E-state index in [0.29, 0.717) is 13.0 Å². The third-order valence-electron chi connectivity index (χ3n) is 3.57. The Balaban J connectivity index is 1.96. The second kappa shape index (κ2) is 4.12. The predicted molar refractivity (Wildman–Crippen MR) is 62.7 cm³/mol. The van der Waals surface area contributed by atoms with Crippen LogP contribution in [0.3, 0.4) is 0 Å². The Morgan fingerprint density at radius 1 is 1.53 bits per heavy atom. The quantitative estimate of drug-likeness (QED) is 0.564. The van der Waals surface area contributed by atoms with E-state index in [1.807, 2.05) is 6.21 Å². The molecule has 0 radical (unpaired) electrons. The van der Waals surface area contributed by atoms with Crippen LogP contribution >= 0.6 is 0 Å². The second-order valence-electron chi connectivity index (χ2n) is 4.61. The number of carbonyl (C=O) groups is 1. The summed E-state index contributed by atoms with van der Waals surface area (Å²) in [5.74, 6) is -0.785. The topological polar surface area (TPSA) is 77.0 Å². The molecular weight excluding hydrogens is 220 g/mol. The van der Waals surface area contributed by atoms with Gasteiger partial charge in [0, 0.05) is 19.3 Å². The molecule has 0 bridgehead atoms. The number of carboxylic acid groups (broad SMARTS) is 1. The van der Waals surface area contributed by atoms with E-state index in [2.05, 4.69) is 15.7 Å². The molecule has 0 aliphatic carbocycles. The Hall–Kier alpha value is -1.40. The number of hydrazine groups is 1. The van der Waals surface area contributed by atoms with Crippen molar-refractivity contribution in [2.45, 2.75) is 24.9 Å². The Kier molecular flexibility index (Phi) is 2.60. The SMILES string of the molecule is O=C(O)C1CCN=CC2=C3CNCCC3NN21. The number of allylic oxidation sites excluding steroid dienone is 1. The molecule has 0 amide bonds. The highest BCUT2D eigenvalue weighted by Gasteiger charge is 2.38. The minimum absolute atomic E-state index is 0.276. The highest BCUT2D eigenvalue weighted by Crippen LogP contribution is 2.27. The lowest BCUT2D eigenvalue weighted by Crippen LogP contribution is -2.49. The lowest BCUT2D eigenvalue weighted by Gasteiger charge is -2.27. The average molecular weight is 236 g/mol. The van der Waals surface area contributed by atoms with Crippen LogP contribution in [-0.4, -0.2) is 54.0 Å². The molecule has 6 heteroatoms. The fourth-order valence-electron chi connectivity index (χ4n) is 2.68. The van der Waals surface area contributed by atoms with Gasteiger partial charge in [-0.25, -0.2) is 10.2 Å². The summed E-state index contributed by atoms with van der Waals surface area (Å²) in [6, 6.07) is -0.233. The monoisotopic (exact) mass is 236 g/mol. The molecule has 0 aromatic carbocycles. The van der Waals surface area contributed by atoms with Gasteiger partial charge >= 0.3 is 5.97 Å². The van der Waals surface area contributed by atoms with E-state index in [0.717, 1.165) is 25.2 Å². The third-order valence-corrected chi connectivity index (χ3v) is 3.57. The lowest BCUT2D eigenvalue weighted by molar-refractivity contribution is -0.143. The summed E-state index contributed by atoms with van der Waals surface area (Å²) < 4.78 is 0. The summed E-state index contributed by atoms with van der Waals surface area (Å²) in [5.41, 5.74) is 5.51. The van der Waals surface area contributed by atoms with Gasteiger partial charge in [0.15, 0.2) is 0 Å². The Morgan fingerprint density at radius 3 is 3.24 bits per heavy atom. The number of carboxylic acids is 1. The minimum Gasteiger partial charge on any atom is -0.480 e. The molecule has 3 rings (SSSR count). The molecule has 0 aromatic rings. The smallest absolute Gasteiger partial charge is 0.328 e. The maximum atomic E-state index is 11.3. The van der Waals surface area contributed by atoms with Gasteiger partial charge in [0.05, 0.1) is 11.7 Å². The molecule has 6 nitrogen and oxygen atoms in total. The fourth-order valence-corrected chi connectivity index (χ4v) is 2.68. The first-order valence-electron chi connectivity index (χ1n) is 5.99. The molecule has 1 saturated heterocycles. The van der Waals surface area contributed by atoms with Crippen LogP contribution in [0.4, 0.5) is 0 Å². The van der Waals surface area contributed by atoms with Crippen LogP contribution in [0.2, 0.25) is 0 Å². The molecule has 3 aliphatic heterocycles. The number of fused-ring (bicyclic) bond motifs is 2. The van der Waals surface area contributed by atoms with Gasteiger partial charge in [0.2, 0.25) is 0 Å². The zero-order valence-electron chi connectivity index (χ0n) is 9.52. The van der Waals surface area contributed by atoms with Crippen LogP contribution in [0.1, 0.15) is 12.8 Å². The number of rotatable bonds is 1. The van der Waals surface area contributed by atoms with Gasteiger partial charge in [-0.1, -0.05) is 0 Å². The van der Waals surface area contributed by atoms with Crippen molar-refractivity contribution in [2.24, 2.45) is 4.99 Å². The van der Waals surface area contributed by atoms with Crippen LogP contribution in [0, 0.1) is 0 Å². The summed E-state index contributed by atoms with van der Waals surface area (Å²) in [6.07, 6.45) is 3.36. The summed E-state index contributed by atoms with van der Waals surface area (Å²) in [6.45, 7) is 2.36. The van der Waals surface area contributed by atoms with Gasteiger partial charge in [0.1, 0.15) is 6.04 Å². The lowest BCUT2D eigenvalue weighted by atomic mass is 10.0. The largest absolute Gasteiger partial charge is 0.480 e. The molecule has 0 saturated carbocycles. The Bertz CT molecular complexity index is 404. The summed E-state index contributed by atoms with van der Waals surface area (Å²) in [7, 11) is 0. The van der Waals surface area contributed by atoms with Crippen LogP contribution in [0.5, 0.6) is 0 Å². The minimum atomic E-state index is -0.785. The van der Waals surface area contributed by atoms with E-state index >= 15 is 0 Å². The number of piperidine rings is 1. The molecule has 92 valence electrons. The van der Waals surface area contributed by atoms with Crippen LogP contribution in [0.15, 0.2) is 16.3 Å². The van der Waals surface area contributed by atoms with E-state index in [1.165, 1.54) is 5.57 Å². The first-order valence-corrected chi connectivity index (χ1v) is 5.99. The highest BCUT2D eigenvalue weighted by atomic mass is 16.4. The normalized spacial score (nSPS) is 32.1. The van der Waals surface area contributed by atoms with Crippen molar-refractivity contribution in [3.63, 3.8) is 0 Å². The average Bonchev–Trinajstić information content (AvgIpc) is 2.54. The molecule has 2 atom stereocenters. The van der Waals surface area contributed by atoms with E-state index in [4.69, 9.17) is 0 Å². The Morgan fingerprint density at radius 2 is 2.41 bits per heavy atom. The zero-order valence-corrected chi connectivity index (χ0v) is 9.52. The number of aliphatic imine (C=N–C) groups is 1. The molecule has 3 aliphatic rings. The number of hydrogen-bond donors (Lipinski definition) is 3. The molecule has 3 heterocycles. The van der Waals surface area contributed by atoms with Gasteiger partial charge in [-0.15, -0.1) is 0 Å². The summed E-state index contributed by atoms with van der Waals surface area (Å²) in [4.78, 5) is 15.6. The van der Waals surface area contributed by atoms with Crippen molar-refractivity contribution in [3.8, 4) is 0 Å². The summed E-state index contributed by atoms with van der Waals surface area (Å²) in [5, 5.41) is 14.4. The molecular formula is C11H16N4O2. The molecule has 2 unspecified atom stereocenters. The first kappa shape index (κ1) is 10.7. The van der Waals surface area contributed by atoms with Gasteiger partial charge in [0.25, 0.3) is 0 Å². The van der Waals surface area contributed by atoms with E-state index in [1.54, 1.807) is 5.01 Å². The zero-order chi connectivity index (χ0) is 11.8. The van der Waals surface area contributed by atoms with Crippen LogP contribution < -0.4 is 10.7 Å². The second-order valence-corrected chi connectivity index (χ2v) is 4.61. The van der Waals surface area contributed by atoms with Crippen molar-refractivity contribution in [3.05, 3.63) is 11.3 Å². The first-order chi connectivity index (χ1) is 8.27. The molecule has 3 N–H and O–H groups in total. The van der Waals surface area contributed by atoms with Crippen molar-refractivity contribution < 1.29 is 9.90 Å². The van der Waals surface area contributed by atoms with E-state index in [-0.39, 0.29) is 6.04 Å². The van der Waals surface area contributed by atoms with E-state index < -0.39 is 12.0 Å². The fraction of sp³-hybridized carbons (Fsp3) is 0.636. The van der Waals surface area contributed by atoms with E-state index in [9.17, 15) is 9.90 Å². The van der Waals surface area contributed by atoms with Crippen molar-refractivity contribution in [1.82, 2.24) is 15.8 Å².